The van der Waals surface area contributed by atoms with Gasteiger partial charge in [0.15, 0.2) is 0 Å². The fraction of sp³-hybridized carbons (Fsp3) is 0.286. The molecule has 9 nitrogen and oxygen atoms in total. The van der Waals surface area contributed by atoms with Crippen molar-refractivity contribution in [3.05, 3.63) is 65.2 Å². The summed E-state index contributed by atoms with van der Waals surface area (Å²) in [7, 11) is -3.75. The van der Waals surface area contributed by atoms with E-state index >= 15 is 0 Å². The number of nitrogens with one attached hydrogen (secondary N) is 2. The van der Waals surface area contributed by atoms with Gasteiger partial charge in [0, 0.05) is 6.54 Å². The molecule has 0 aromatic heterocycles. The van der Waals surface area contributed by atoms with E-state index in [0.29, 0.717) is 12.0 Å². The molecule has 1 fully saturated rings. The van der Waals surface area contributed by atoms with Crippen LogP contribution in [0, 0.1) is 6.92 Å². The first-order chi connectivity index (χ1) is 14.5. The van der Waals surface area contributed by atoms with Crippen LogP contribution < -0.4 is 15.8 Å². The number of carbonyl (C=O) groups excluding carboxylic acids is 3. The first-order valence-corrected chi connectivity index (χ1v) is 11.1. The molecule has 10 heteroatoms. The Bertz CT molecular complexity index is 1110. The summed E-state index contributed by atoms with van der Waals surface area (Å²) in [5.74, 6) is -0.965. The molecule has 0 radical (unpaired) electrons. The molecule has 1 aliphatic rings. The Morgan fingerprint density at radius 3 is 2.29 bits per heavy atom. The van der Waals surface area contributed by atoms with E-state index in [1.165, 1.54) is 12.1 Å². The first kappa shape index (κ1) is 22.4. The van der Waals surface area contributed by atoms with Crippen molar-refractivity contribution in [1.82, 2.24) is 15.5 Å². The van der Waals surface area contributed by atoms with Gasteiger partial charge in [0.2, 0.25) is 15.9 Å². The molecule has 0 aliphatic carbocycles. The van der Waals surface area contributed by atoms with Crippen LogP contribution in [0.2, 0.25) is 0 Å². The van der Waals surface area contributed by atoms with Crippen LogP contribution in [0.5, 0.6) is 0 Å². The average Bonchev–Trinajstić information content (AvgIpc) is 2.92. The highest BCUT2D eigenvalue weighted by atomic mass is 32.2. The molecule has 4 amide bonds. The van der Waals surface area contributed by atoms with Crippen LogP contribution in [0.4, 0.5) is 4.79 Å². The molecule has 1 unspecified atom stereocenters. The Labute approximate surface area is 180 Å². The topological polar surface area (TPSA) is 139 Å². The van der Waals surface area contributed by atoms with Crippen molar-refractivity contribution in [2.45, 2.75) is 30.7 Å². The minimum Gasteiger partial charge on any atom is -0.354 e. The summed E-state index contributed by atoms with van der Waals surface area (Å²) in [6.45, 7) is 3.40. The molecule has 31 heavy (non-hydrogen) atoms. The minimum atomic E-state index is -3.75. The van der Waals surface area contributed by atoms with E-state index in [1.807, 2.05) is 19.1 Å². The van der Waals surface area contributed by atoms with E-state index in [4.69, 9.17) is 5.14 Å². The normalized spacial score (nSPS) is 18.7. The smallest absolute Gasteiger partial charge is 0.325 e. The average molecular weight is 445 g/mol. The second-order valence-electron chi connectivity index (χ2n) is 7.60. The maximum Gasteiger partial charge on any atom is 0.325 e. The molecule has 3 rings (SSSR count). The van der Waals surface area contributed by atoms with Crippen molar-refractivity contribution in [2.75, 3.05) is 13.1 Å². The minimum absolute atomic E-state index is 0.00969. The number of primary sulfonamides is 1. The van der Waals surface area contributed by atoms with Crippen LogP contribution in [0.25, 0.3) is 0 Å². The Morgan fingerprint density at radius 2 is 1.71 bits per heavy atom. The number of imide groups is 1. The van der Waals surface area contributed by atoms with Crippen molar-refractivity contribution >= 4 is 27.9 Å². The molecular weight excluding hydrogens is 420 g/mol. The van der Waals surface area contributed by atoms with Gasteiger partial charge in [-0.15, -0.1) is 0 Å². The number of sulfonamides is 1. The van der Waals surface area contributed by atoms with Gasteiger partial charge in [-0.25, -0.2) is 18.4 Å². The summed E-state index contributed by atoms with van der Waals surface area (Å²) in [4.78, 5) is 38.4. The van der Waals surface area contributed by atoms with Gasteiger partial charge in [0.05, 0.1) is 4.90 Å². The Morgan fingerprint density at radius 1 is 1.10 bits per heavy atom. The number of hydrogen-bond donors (Lipinski definition) is 3. The standard InChI is InChI=1S/C21H24N4O5S/c1-14-3-7-16(8-4-14)21(2)19(27)25(20(28)24-21)13-18(26)23-12-11-15-5-9-17(10-6-15)31(22,29)30/h3-10H,11-13H2,1-2H3,(H,23,26)(H,24,28)(H2,22,29,30). The van der Waals surface area contributed by atoms with E-state index in [9.17, 15) is 22.8 Å². The highest BCUT2D eigenvalue weighted by Crippen LogP contribution is 2.28. The number of nitrogens with zero attached hydrogens (tertiary/aromatic N) is 1. The molecule has 4 N–H and O–H groups in total. The maximum absolute atomic E-state index is 12.9. The Balaban J connectivity index is 1.56. The Kier molecular flexibility index (Phi) is 6.14. The third-order valence-corrected chi connectivity index (χ3v) is 6.12. The van der Waals surface area contributed by atoms with Crippen LogP contribution in [0.3, 0.4) is 0 Å². The molecule has 0 bridgehead atoms. The zero-order valence-corrected chi connectivity index (χ0v) is 18.0. The van der Waals surface area contributed by atoms with Gasteiger partial charge in [-0.1, -0.05) is 42.0 Å². The number of aryl methyl sites for hydroxylation is 1. The number of rotatable bonds is 7. The van der Waals surface area contributed by atoms with E-state index in [1.54, 1.807) is 31.2 Å². The van der Waals surface area contributed by atoms with Gasteiger partial charge in [0.1, 0.15) is 12.1 Å². The van der Waals surface area contributed by atoms with E-state index in [0.717, 1.165) is 16.0 Å². The summed E-state index contributed by atoms with van der Waals surface area (Å²) < 4.78 is 22.5. The molecule has 2 aromatic rings. The lowest BCUT2D eigenvalue weighted by Gasteiger charge is -2.22. The maximum atomic E-state index is 12.9. The summed E-state index contributed by atoms with van der Waals surface area (Å²) in [6.07, 6.45) is 0.442. The highest BCUT2D eigenvalue weighted by Gasteiger charge is 2.49. The van der Waals surface area contributed by atoms with Gasteiger partial charge >= 0.3 is 6.03 Å². The van der Waals surface area contributed by atoms with Crippen molar-refractivity contribution in [2.24, 2.45) is 5.14 Å². The molecule has 1 saturated heterocycles. The molecule has 2 aromatic carbocycles. The van der Waals surface area contributed by atoms with Gasteiger partial charge in [0.25, 0.3) is 5.91 Å². The molecule has 1 aliphatic heterocycles. The van der Waals surface area contributed by atoms with E-state index in [-0.39, 0.29) is 11.4 Å². The molecule has 164 valence electrons. The lowest BCUT2D eigenvalue weighted by atomic mass is 9.91. The number of urea groups is 1. The second-order valence-corrected chi connectivity index (χ2v) is 9.16. The molecular formula is C21H24N4O5S. The monoisotopic (exact) mass is 444 g/mol. The van der Waals surface area contributed by atoms with Gasteiger partial charge in [-0.2, -0.15) is 0 Å². The van der Waals surface area contributed by atoms with Gasteiger partial charge < -0.3 is 10.6 Å². The van der Waals surface area contributed by atoms with Crippen LogP contribution >= 0.6 is 0 Å². The van der Waals surface area contributed by atoms with Crippen LogP contribution in [0.1, 0.15) is 23.6 Å². The summed E-state index contributed by atoms with van der Waals surface area (Å²) in [6, 6.07) is 12.6. The van der Waals surface area contributed by atoms with Crippen molar-refractivity contribution in [1.29, 1.82) is 0 Å². The van der Waals surface area contributed by atoms with Crippen molar-refractivity contribution in [3.63, 3.8) is 0 Å². The summed E-state index contributed by atoms with van der Waals surface area (Å²) >= 11 is 0. The summed E-state index contributed by atoms with van der Waals surface area (Å²) in [5.41, 5.74) is 1.24. The van der Waals surface area contributed by atoms with Crippen LogP contribution in [-0.4, -0.2) is 44.3 Å². The van der Waals surface area contributed by atoms with E-state index < -0.39 is 40.0 Å². The predicted molar refractivity (Wildman–Crippen MR) is 113 cm³/mol. The SMILES string of the molecule is Cc1ccc(C2(C)NC(=O)N(CC(=O)NCCc3ccc(S(N)(=O)=O)cc3)C2=O)cc1. The molecule has 1 atom stereocenters. The number of hydrogen-bond acceptors (Lipinski definition) is 5. The highest BCUT2D eigenvalue weighted by molar-refractivity contribution is 7.89. The zero-order valence-electron chi connectivity index (χ0n) is 17.2. The van der Waals surface area contributed by atoms with Crippen LogP contribution in [-0.2, 0) is 31.6 Å². The first-order valence-electron chi connectivity index (χ1n) is 9.60. The van der Waals surface area contributed by atoms with Crippen molar-refractivity contribution in [3.8, 4) is 0 Å². The van der Waals surface area contributed by atoms with Gasteiger partial charge in [-0.3, -0.25) is 14.5 Å². The Hall–Kier alpha value is -3.24. The van der Waals surface area contributed by atoms with Crippen LogP contribution in [0.15, 0.2) is 53.4 Å². The largest absolute Gasteiger partial charge is 0.354 e. The summed E-state index contributed by atoms with van der Waals surface area (Å²) in [5, 5.41) is 10.4. The lowest BCUT2D eigenvalue weighted by molar-refractivity contribution is -0.134. The third-order valence-electron chi connectivity index (χ3n) is 5.19. The third kappa shape index (κ3) is 4.92. The number of nitrogens with two attached hydrogens (primary N) is 1. The fourth-order valence-corrected chi connectivity index (χ4v) is 3.83. The van der Waals surface area contributed by atoms with E-state index in [2.05, 4.69) is 10.6 Å². The molecule has 1 heterocycles. The number of benzene rings is 2. The second kappa shape index (κ2) is 8.48. The number of amides is 4. The lowest BCUT2D eigenvalue weighted by Crippen LogP contribution is -2.43. The van der Waals surface area contributed by atoms with Crippen molar-refractivity contribution < 1.29 is 22.8 Å². The molecule has 0 saturated carbocycles. The quantitative estimate of drug-likeness (QED) is 0.542. The number of carbonyl (C=O) groups is 3. The van der Waals surface area contributed by atoms with Gasteiger partial charge in [-0.05, 0) is 43.5 Å². The molecule has 0 spiro atoms. The fourth-order valence-electron chi connectivity index (χ4n) is 3.31. The predicted octanol–water partition coefficient (Wildman–Crippen LogP) is 0.768. The zero-order chi connectivity index (χ0) is 22.8.